The lowest BCUT2D eigenvalue weighted by molar-refractivity contribution is 0.459. The Morgan fingerprint density at radius 1 is 1.28 bits per heavy atom. The van der Waals surface area contributed by atoms with E-state index in [-0.39, 0.29) is 17.6 Å². The van der Waals surface area contributed by atoms with Gasteiger partial charge in [-0.3, -0.25) is 0 Å². The summed E-state index contributed by atoms with van der Waals surface area (Å²) in [5.74, 6) is -0.0763. The molecule has 1 saturated heterocycles. The molecule has 0 aliphatic carbocycles. The third kappa shape index (κ3) is 4.77. The van der Waals surface area contributed by atoms with Crippen LogP contribution < -0.4 is 9.62 Å². The minimum absolute atomic E-state index is 0.00401. The third-order valence-corrected chi connectivity index (χ3v) is 6.76. The maximum absolute atomic E-state index is 13.0. The van der Waals surface area contributed by atoms with Crippen LogP contribution in [0.3, 0.4) is 0 Å². The van der Waals surface area contributed by atoms with Crippen LogP contribution in [-0.2, 0) is 10.0 Å². The van der Waals surface area contributed by atoms with Gasteiger partial charge in [-0.2, -0.15) is 0 Å². The summed E-state index contributed by atoms with van der Waals surface area (Å²) in [6.07, 6.45) is 2.17. The second-order valence-electron chi connectivity index (χ2n) is 6.22. The highest BCUT2D eigenvalue weighted by Gasteiger charge is 2.24. The Bertz CT molecular complexity index is 798. The van der Waals surface area contributed by atoms with Crippen molar-refractivity contribution < 1.29 is 12.8 Å². The number of rotatable bonds is 6. The molecule has 25 heavy (non-hydrogen) atoms. The van der Waals surface area contributed by atoms with E-state index in [1.807, 2.05) is 12.3 Å². The maximum Gasteiger partial charge on any atom is 0.211 e. The molecule has 1 N–H and O–H groups in total. The van der Waals surface area contributed by atoms with Crippen LogP contribution in [0, 0.1) is 5.82 Å². The van der Waals surface area contributed by atoms with Gasteiger partial charge in [0.15, 0.2) is 5.13 Å². The Kier molecular flexibility index (Phi) is 5.71. The Morgan fingerprint density at radius 2 is 1.96 bits per heavy atom. The van der Waals surface area contributed by atoms with Crippen molar-refractivity contribution in [3.63, 3.8) is 0 Å². The van der Waals surface area contributed by atoms with Crippen molar-refractivity contribution in [2.75, 3.05) is 23.7 Å². The van der Waals surface area contributed by atoms with Gasteiger partial charge in [-0.25, -0.2) is 22.5 Å². The number of thiazole rings is 1. The molecule has 0 atom stereocenters. The zero-order chi connectivity index (χ0) is 17.9. The molecule has 136 valence electrons. The number of nitrogens with zero attached hydrogens (tertiary/aromatic N) is 2. The number of sulfonamides is 1. The fourth-order valence-corrected chi connectivity index (χ4v) is 5.22. The van der Waals surface area contributed by atoms with E-state index in [4.69, 9.17) is 0 Å². The molecular formula is C17H22FN3O2S2. The van der Waals surface area contributed by atoms with Crippen molar-refractivity contribution in [1.29, 1.82) is 0 Å². The minimum atomic E-state index is -3.16. The molecule has 2 heterocycles. The summed E-state index contributed by atoms with van der Waals surface area (Å²) in [6, 6.07) is 6.32. The van der Waals surface area contributed by atoms with E-state index in [9.17, 15) is 12.8 Å². The highest BCUT2D eigenvalue weighted by Crippen LogP contribution is 2.29. The first kappa shape index (κ1) is 18.3. The van der Waals surface area contributed by atoms with Crippen LogP contribution in [0.4, 0.5) is 9.52 Å². The fourth-order valence-electron chi connectivity index (χ4n) is 2.93. The van der Waals surface area contributed by atoms with Crippen LogP contribution in [0.5, 0.6) is 0 Å². The molecule has 0 amide bonds. The van der Waals surface area contributed by atoms with Gasteiger partial charge in [0.25, 0.3) is 0 Å². The number of anilines is 1. The second-order valence-corrected chi connectivity index (χ2v) is 8.93. The monoisotopic (exact) mass is 383 g/mol. The molecular weight excluding hydrogens is 361 g/mol. The van der Waals surface area contributed by atoms with E-state index < -0.39 is 10.0 Å². The molecule has 1 fully saturated rings. The molecule has 1 aliphatic heterocycles. The molecule has 0 spiro atoms. The molecule has 5 nitrogen and oxygen atoms in total. The zero-order valence-corrected chi connectivity index (χ0v) is 15.7. The zero-order valence-electron chi connectivity index (χ0n) is 14.1. The number of halogens is 1. The van der Waals surface area contributed by atoms with Gasteiger partial charge >= 0.3 is 0 Å². The first-order valence-electron chi connectivity index (χ1n) is 8.43. The van der Waals surface area contributed by atoms with Crippen LogP contribution in [0.25, 0.3) is 11.3 Å². The normalized spacial score (nSPS) is 16.3. The van der Waals surface area contributed by atoms with Crippen LogP contribution in [0.2, 0.25) is 0 Å². The highest BCUT2D eigenvalue weighted by molar-refractivity contribution is 7.89. The lowest BCUT2D eigenvalue weighted by atomic mass is 10.1. The van der Waals surface area contributed by atoms with Crippen molar-refractivity contribution in [3.8, 4) is 11.3 Å². The van der Waals surface area contributed by atoms with E-state index in [1.165, 1.54) is 12.1 Å². The smallest absolute Gasteiger partial charge is 0.211 e. The van der Waals surface area contributed by atoms with Crippen molar-refractivity contribution in [2.24, 2.45) is 0 Å². The molecule has 0 unspecified atom stereocenters. The number of piperidine rings is 1. The van der Waals surface area contributed by atoms with Gasteiger partial charge in [0.2, 0.25) is 10.0 Å². The van der Waals surface area contributed by atoms with Crippen LogP contribution in [0.15, 0.2) is 29.6 Å². The SMILES string of the molecule is CCCS(=O)(=O)NC1CCN(c2nc(-c3ccc(F)cc3)cs2)CC1. The molecule has 0 bridgehead atoms. The third-order valence-electron chi connectivity index (χ3n) is 4.22. The lowest BCUT2D eigenvalue weighted by Crippen LogP contribution is -2.45. The summed E-state index contributed by atoms with van der Waals surface area (Å²) < 4.78 is 39.6. The molecule has 2 aromatic rings. The van der Waals surface area contributed by atoms with Gasteiger partial charge in [0, 0.05) is 30.1 Å². The first-order chi connectivity index (χ1) is 12.0. The van der Waals surface area contributed by atoms with E-state index in [2.05, 4.69) is 14.6 Å². The van der Waals surface area contributed by atoms with Crippen LogP contribution in [-0.4, -0.2) is 38.3 Å². The molecule has 0 saturated carbocycles. The molecule has 3 rings (SSSR count). The topological polar surface area (TPSA) is 62.3 Å². The van der Waals surface area contributed by atoms with Crippen LogP contribution >= 0.6 is 11.3 Å². The summed E-state index contributed by atoms with van der Waals surface area (Å²) in [5.41, 5.74) is 1.73. The fraction of sp³-hybridized carbons (Fsp3) is 0.471. The van der Waals surface area contributed by atoms with Gasteiger partial charge in [0.1, 0.15) is 5.82 Å². The Morgan fingerprint density at radius 3 is 2.60 bits per heavy atom. The summed E-state index contributed by atoms with van der Waals surface area (Å²) in [5, 5.41) is 2.90. The van der Waals surface area contributed by atoms with Gasteiger partial charge in [0.05, 0.1) is 11.4 Å². The number of benzene rings is 1. The predicted octanol–water partition coefficient (Wildman–Crippen LogP) is 3.25. The molecule has 8 heteroatoms. The highest BCUT2D eigenvalue weighted by atomic mass is 32.2. The quantitative estimate of drug-likeness (QED) is 0.832. The van der Waals surface area contributed by atoms with Gasteiger partial charge in [-0.05, 0) is 43.5 Å². The standard InChI is InChI=1S/C17H22FN3O2S2/c1-2-11-25(22,23)20-15-7-9-21(10-8-15)17-19-16(12-24-17)13-3-5-14(18)6-4-13/h3-6,12,15,20H,2,7-11H2,1H3. The summed E-state index contributed by atoms with van der Waals surface area (Å²) in [7, 11) is -3.16. The number of nitrogens with one attached hydrogen (secondary N) is 1. The van der Waals surface area contributed by atoms with E-state index in [1.54, 1.807) is 23.5 Å². The van der Waals surface area contributed by atoms with Gasteiger partial charge in [-0.15, -0.1) is 11.3 Å². The van der Waals surface area contributed by atoms with E-state index in [0.717, 1.165) is 42.3 Å². The number of hydrogen-bond acceptors (Lipinski definition) is 5. The van der Waals surface area contributed by atoms with E-state index in [0.29, 0.717) is 6.42 Å². The summed E-state index contributed by atoms with van der Waals surface area (Å²) in [4.78, 5) is 6.83. The molecule has 1 aliphatic rings. The predicted molar refractivity (Wildman–Crippen MR) is 100.0 cm³/mol. The minimum Gasteiger partial charge on any atom is -0.348 e. The first-order valence-corrected chi connectivity index (χ1v) is 11.0. The summed E-state index contributed by atoms with van der Waals surface area (Å²) in [6.45, 7) is 3.41. The Hall–Kier alpha value is -1.51. The van der Waals surface area contributed by atoms with Crippen molar-refractivity contribution in [1.82, 2.24) is 9.71 Å². The average Bonchev–Trinajstić information content (AvgIpc) is 3.06. The number of aromatic nitrogens is 1. The lowest BCUT2D eigenvalue weighted by Gasteiger charge is -2.31. The second kappa shape index (κ2) is 7.80. The molecule has 1 aromatic heterocycles. The van der Waals surface area contributed by atoms with Crippen molar-refractivity contribution >= 4 is 26.5 Å². The van der Waals surface area contributed by atoms with Crippen LogP contribution in [0.1, 0.15) is 26.2 Å². The Balaban J connectivity index is 1.59. The van der Waals surface area contributed by atoms with Gasteiger partial charge in [-0.1, -0.05) is 6.92 Å². The number of hydrogen-bond donors (Lipinski definition) is 1. The van der Waals surface area contributed by atoms with Crippen molar-refractivity contribution in [2.45, 2.75) is 32.2 Å². The molecule has 0 radical (unpaired) electrons. The Labute approximate surface area is 151 Å². The average molecular weight is 384 g/mol. The van der Waals surface area contributed by atoms with Gasteiger partial charge < -0.3 is 4.90 Å². The van der Waals surface area contributed by atoms with E-state index >= 15 is 0 Å². The summed E-state index contributed by atoms with van der Waals surface area (Å²) >= 11 is 1.56. The maximum atomic E-state index is 13.0. The largest absolute Gasteiger partial charge is 0.348 e. The van der Waals surface area contributed by atoms with Crippen molar-refractivity contribution in [3.05, 3.63) is 35.5 Å². The molecule has 1 aromatic carbocycles.